The van der Waals surface area contributed by atoms with Gasteiger partial charge in [0.05, 0.1) is 0 Å². The molecule has 3 nitrogen and oxygen atoms in total. The van der Waals surface area contributed by atoms with Crippen LogP contribution in [0.2, 0.25) is 0 Å². The van der Waals surface area contributed by atoms with Crippen molar-refractivity contribution in [3.63, 3.8) is 0 Å². The van der Waals surface area contributed by atoms with Gasteiger partial charge >= 0.3 is 0 Å². The number of rotatable bonds is 6. The molecule has 0 bridgehead atoms. The van der Waals surface area contributed by atoms with Crippen LogP contribution in [-0.2, 0) is 0 Å². The number of nitrogens with zero attached hydrogens (tertiary/aromatic N) is 2. The van der Waals surface area contributed by atoms with Crippen LogP contribution < -0.4 is 26.2 Å². The first kappa shape index (κ1) is 21.2. The van der Waals surface area contributed by atoms with E-state index >= 15 is 0 Å². The fraction of sp³-hybridized carbons (Fsp3) is 0.0690. The third kappa shape index (κ3) is 3.75. The van der Waals surface area contributed by atoms with Crippen molar-refractivity contribution in [1.82, 2.24) is 4.98 Å². The Bertz CT molecular complexity index is 1220. The second-order valence-electron chi connectivity index (χ2n) is 8.09. The Morgan fingerprint density at radius 1 is 0.576 bits per heavy atom. The van der Waals surface area contributed by atoms with E-state index in [1.807, 2.05) is 49.3 Å². The molecule has 0 saturated carbocycles. The lowest BCUT2D eigenvalue weighted by atomic mass is 10.2. The standard InChI is InChI=1S/C29H26N2OP/c1-31(2)29-28(30-27(32-29)23-15-7-3-8-16-23)33(24-17-9-4-10-18-24,25-19-11-5-12-20-25)26-21-13-6-14-22-26/h3-22H,1-2H3/q+1. The van der Waals surface area contributed by atoms with Gasteiger partial charge in [0.25, 0.3) is 11.3 Å². The Morgan fingerprint density at radius 2 is 0.970 bits per heavy atom. The molecule has 162 valence electrons. The predicted octanol–water partition coefficient (Wildman–Crippen LogP) is 5.03. The van der Waals surface area contributed by atoms with Gasteiger partial charge in [-0.3, -0.25) is 0 Å². The third-order valence-corrected chi connectivity index (χ3v) is 9.91. The number of oxazole rings is 1. The molecule has 0 aliphatic heterocycles. The van der Waals surface area contributed by atoms with Gasteiger partial charge in [-0.15, -0.1) is 0 Å². The monoisotopic (exact) mass is 449 g/mol. The smallest absolute Gasteiger partial charge is 0.262 e. The SMILES string of the molecule is CN(C)c1oc(-c2ccccc2)nc1[P+](c1ccccc1)(c1ccccc1)c1ccccc1. The molecule has 33 heavy (non-hydrogen) atoms. The van der Waals surface area contributed by atoms with Crippen molar-refractivity contribution >= 4 is 34.5 Å². The molecule has 1 aromatic heterocycles. The molecule has 0 atom stereocenters. The highest BCUT2D eigenvalue weighted by Gasteiger charge is 2.53. The summed E-state index contributed by atoms with van der Waals surface area (Å²) in [6.45, 7) is 0. The van der Waals surface area contributed by atoms with Crippen molar-refractivity contribution in [2.24, 2.45) is 0 Å². The average molecular weight is 450 g/mol. The Labute approximate surface area is 195 Å². The summed E-state index contributed by atoms with van der Waals surface area (Å²) in [4.78, 5) is 7.28. The van der Waals surface area contributed by atoms with Gasteiger partial charge in [-0.1, -0.05) is 72.8 Å². The summed E-state index contributed by atoms with van der Waals surface area (Å²) in [7, 11) is 1.70. The summed E-state index contributed by atoms with van der Waals surface area (Å²) in [5.74, 6) is 1.43. The van der Waals surface area contributed by atoms with Crippen LogP contribution >= 0.6 is 7.26 Å². The highest BCUT2D eigenvalue weighted by Crippen LogP contribution is 2.56. The number of hydrogen-bond donors (Lipinski definition) is 0. The van der Waals surface area contributed by atoms with Crippen LogP contribution in [-0.4, -0.2) is 19.1 Å². The van der Waals surface area contributed by atoms with Gasteiger partial charge in [-0.05, 0) is 48.5 Å². The lowest BCUT2D eigenvalue weighted by Crippen LogP contribution is -2.40. The zero-order chi connectivity index (χ0) is 22.7. The minimum absolute atomic E-state index is 0.640. The number of benzene rings is 4. The van der Waals surface area contributed by atoms with Crippen LogP contribution in [0, 0.1) is 0 Å². The van der Waals surface area contributed by atoms with Crippen molar-refractivity contribution in [2.45, 2.75) is 0 Å². The van der Waals surface area contributed by atoms with E-state index < -0.39 is 7.26 Å². The van der Waals surface area contributed by atoms with Gasteiger partial charge in [-0.25, -0.2) is 0 Å². The van der Waals surface area contributed by atoms with Gasteiger partial charge in [-0.2, -0.15) is 4.98 Å². The van der Waals surface area contributed by atoms with E-state index in [-0.39, 0.29) is 0 Å². The van der Waals surface area contributed by atoms with Crippen LogP contribution in [0.4, 0.5) is 5.88 Å². The highest BCUT2D eigenvalue weighted by atomic mass is 31.2. The van der Waals surface area contributed by atoms with E-state index in [2.05, 4.69) is 91.0 Å². The number of anilines is 1. The molecular formula is C29H26N2OP+. The fourth-order valence-electron chi connectivity index (χ4n) is 4.29. The Kier molecular flexibility index (Phi) is 5.81. The molecule has 0 N–H and O–H groups in total. The van der Waals surface area contributed by atoms with Gasteiger partial charge in [0.2, 0.25) is 5.89 Å². The lowest BCUT2D eigenvalue weighted by Gasteiger charge is -2.26. The van der Waals surface area contributed by atoms with Gasteiger partial charge < -0.3 is 9.32 Å². The molecule has 0 amide bonds. The zero-order valence-electron chi connectivity index (χ0n) is 18.8. The molecule has 0 aliphatic carbocycles. The lowest BCUT2D eigenvalue weighted by molar-refractivity contribution is 0.573. The average Bonchev–Trinajstić information content (AvgIpc) is 3.33. The zero-order valence-corrected chi connectivity index (χ0v) is 19.7. The maximum Gasteiger partial charge on any atom is 0.262 e. The summed E-state index contributed by atoms with van der Waals surface area (Å²) in [6, 6.07) is 42.4. The second-order valence-corrected chi connectivity index (χ2v) is 11.4. The quantitative estimate of drug-likeness (QED) is 0.341. The van der Waals surface area contributed by atoms with E-state index in [0.717, 1.165) is 16.9 Å². The van der Waals surface area contributed by atoms with Gasteiger partial charge in [0.1, 0.15) is 15.9 Å². The second kappa shape index (κ2) is 9.05. The first-order valence-corrected chi connectivity index (χ1v) is 12.8. The van der Waals surface area contributed by atoms with Crippen LogP contribution in [0.5, 0.6) is 0 Å². The summed E-state index contributed by atoms with van der Waals surface area (Å²) < 4.78 is 6.48. The summed E-state index contributed by atoms with van der Waals surface area (Å²) in [6.07, 6.45) is 0. The summed E-state index contributed by atoms with van der Waals surface area (Å²) in [5, 5.41) is 3.75. The molecule has 0 fully saturated rings. The van der Waals surface area contributed by atoms with Crippen LogP contribution in [0.3, 0.4) is 0 Å². The van der Waals surface area contributed by atoms with Crippen molar-refractivity contribution < 1.29 is 4.42 Å². The third-order valence-electron chi connectivity index (χ3n) is 5.77. The van der Waals surface area contributed by atoms with Crippen molar-refractivity contribution in [3.8, 4) is 11.5 Å². The molecule has 0 saturated heterocycles. The van der Waals surface area contributed by atoms with Gasteiger partial charge in [0, 0.05) is 19.7 Å². The summed E-state index contributed by atoms with van der Waals surface area (Å²) in [5.41, 5.74) is 1.95. The minimum Gasteiger partial charge on any atom is -0.416 e. The maximum atomic E-state index is 6.48. The topological polar surface area (TPSA) is 29.3 Å². The van der Waals surface area contributed by atoms with Crippen molar-refractivity contribution in [3.05, 3.63) is 121 Å². The largest absolute Gasteiger partial charge is 0.416 e. The molecule has 0 radical (unpaired) electrons. The van der Waals surface area contributed by atoms with E-state index in [1.54, 1.807) is 0 Å². The van der Waals surface area contributed by atoms with Crippen LogP contribution in [0.15, 0.2) is 126 Å². The van der Waals surface area contributed by atoms with E-state index in [4.69, 9.17) is 9.40 Å². The van der Waals surface area contributed by atoms with Crippen LogP contribution in [0.1, 0.15) is 0 Å². The fourth-order valence-corrected chi connectivity index (χ4v) is 8.55. The van der Waals surface area contributed by atoms with Gasteiger partial charge in [0.15, 0.2) is 7.26 Å². The Hall–Kier alpha value is -3.68. The molecular weight excluding hydrogens is 423 g/mol. The van der Waals surface area contributed by atoms with E-state index in [9.17, 15) is 0 Å². The highest BCUT2D eigenvalue weighted by molar-refractivity contribution is 8.01. The molecule has 1 heterocycles. The predicted molar refractivity (Wildman–Crippen MR) is 141 cm³/mol. The van der Waals surface area contributed by atoms with E-state index in [0.29, 0.717) is 5.89 Å². The maximum absolute atomic E-state index is 6.48. The molecule has 0 unspecified atom stereocenters. The van der Waals surface area contributed by atoms with Crippen LogP contribution in [0.25, 0.3) is 11.5 Å². The van der Waals surface area contributed by atoms with Crippen molar-refractivity contribution in [1.29, 1.82) is 0 Å². The Morgan fingerprint density at radius 3 is 1.36 bits per heavy atom. The minimum atomic E-state index is -2.34. The molecule has 0 spiro atoms. The van der Waals surface area contributed by atoms with E-state index in [1.165, 1.54) is 15.9 Å². The normalized spacial score (nSPS) is 11.3. The van der Waals surface area contributed by atoms with Crippen molar-refractivity contribution in [2.75, 3.05) is 19.0 Å². The molecule has 4 heteroatoms. The number of hydrogen-bond acceptors (Lipinski definition) is 3. The number of aromatic nitrogens is 1. The molecule has 0 aliphatic rings. The molecule has 5 aromatic rings. The molecule has 4 aromatic carbocycles. The first-order chi connectivity index (χ1) is 16.2. The first-order valence-electron chi connectivity index (χ1n) is 11.0. The Balaban J connectivity index is 1.91. The molecule has 5 rings (SSSR count). The summed E-state index contributed by atoms with van der Waals surface area (Å²) >= 11 is 0.